The number of nitrogens with zero attached hydrogens (tertiary/aromatic N) is 3. The van der Waals surface area contributed by atoms with Gasteiger partial charge in [0.1, 0.15) is 11.6 Å². The SMILES string of the molecule is CC(O)(CN1CCN(C2CCCC2)S1)Cn1c2ccc(F)cc2c2cc(F)ccc21. The molecule has 1 aromatic heterocycles. The Balaban J connectivity index is 1.40. The Kier molecular flexibility index (Phi) is 5.25. The Hall–Kier alpha value is -1.67. The summed E-state index contributed by atoms with van der Waals surface area (Å²) in [7, 11) is 0. The molecule has 2 heterocycles. The van der Waals surface area contributed by atoms with Crippen molar-refractivity contribution in [2.75, 3.05) is 19.6 Å². The van der Waals surface area contributed by atoms with Crippen LogP contribution in [-0.2, 0) is 6.54 Å². The number of halogens is 2. The number of aromatic nitrogens is 1. The van der Waals surface area contributed by atoms with Gasteiger partial charge in [-0.15, -0.1) is 0 Å². The Morgan fingerprint density at radius 1 is 0.967 bits per heavy atom. The average molecular weight is 432 g/mol. The van der Waals surface area contributed by atoms with E-state index >= 15 is 0 Å². The molecular weight excluding hydrogens is 404 g/mol. The van der Waals surface area contributed by atoms with E-state index < -0.39 is 5.60 Å². The molecule has 5 rings (SSSR count). The van der Waals surface area contributed by atoms with Gasteiger partial charge in [-0.1, -0.05) is 12.8 Å². The van der Waals surface area contributed by atoms with Crippen molar-refractivity contribution >= 4 is 33.9 Å². The fraction of sp³-hybridized carbons (Fsp3) is 0.478. The van der Waals surface area contributed by atoms with Gasteiger partial charge >= 0.3 is 0 Å². The molecule has 1 saturated heterocycles. The first-order valence-corrected chi connectivity index (χ1v) is 11.4. The molecule has 3 aromatic rings. The second-order valence-electron chi connectivity index (χ2n) is 8.93. The highest BCUT2D eigenvalue weighted by molar-refractivity contribution is 7.94. The van der Waals surface area contributed by atoms with Crippen LogP contribution in [0.1, 0.15) is 32.6 Å². The van der Waals surface area contributed by atoms with Crippen molar-refractivity contribution in [1.82, 2.24) is 13.2 Å². The second-order valence-corrected chi connectivity index (χ2v) is 10.1. The Labute approximate surface area is 179 Å². The fourth-order valence-electron chi connectivity index (χ4n) is 4.98. The van der Waals surface area contributed by atoms with Crippen LogP contribution in [0.2, 0.25) is 0 Å². The van der Waals surface area contributed by atoms with Gasteiger partial charge in [0.15, 0.2) is 0 Å². The lowest BCUT2D eigenvalue weighted by atomic mass is 10.1. The van der Waals surface area contributed by atoms with Gasteiger partial charge in [-0.2, -0.15) is 0 Å². The average Bonchev–Trinajstić information content (AvgIpc) is 3.42. The fourth-order valence-corrected chi connectivity index (χ4v) is 6.28. The van der Waals surface area contributed by atoms with E-state index in [2.05, 4.69) is 8.61 Å². The summed E-state index contributed by atoms with van der Waals surface area (Å²) in [6.07, 6.45) is 5.17. The van der Waals surface area contributed by atoms with Crippen molar-refractivity contribution < 1.29 is 13.9 Å². The summed E-state index contributed by atoms with van der Waals surface area (Å²) in [5, 5.41) is 12.6. The second kappa shape index (κ2) is 7.79. The molecule has 0 amide bonds. The molecule has 30 heavy (non-hydrogen) atoms. The van der Waals surface area contributed by atoms with Crippen molar-refractivity contribution in [2.45, 2.75) is 50.8 Å². The summed E-state index contributed by atoms with van der Waals surface area (Å²) in [4.78, 5) is 0. The van der Waals surface area contributed by atoms with Crippen LogP contribution in [0, 0.1) is 11.6 Å². The van der Waals surface area contributed by atoms with Gasteiger partial charge in [0, 0.05) is 59.6 Å². The van der Waals surface area contributed by atoms with Gasteiger partial charge < -0.3 is 9.67 Å². The van der Waals surface area contributed by atoms with Gasteiger partial charge in [0.25, 0.3) is 0 Å². The van der Waals surface area contributed by atoms with Crippen LogP contribution in [0.15, 0.2) is 36.4 Å². The van der Waals surface area contributed by atoms with E-state index in [1.807, 2.05) is 11.5 Å². The van der Waals surface area contributed by atoms with Crippen LogP contribution in [-0.4, -0.2) is 49.6 Å². The quantitative estimate of drug-likeness (QED) is 0.580. The van der Waals surface area contributed by atoms with E-state index in [0.717, 1.165) is 24.1 Å². The summed E-state index contributed by atoms with van der Waals surface area (Å²) >= 11 is 1.76. The minimum absolute atomic E-state index is 0.349. The zero-order chi connectivity index (χ0) is 20.9. The van der Waals surface area contributed by atoms with Gasteiger partial charge in [0.2, 0.25) is 0 Å². The Bertz CT molecular complexity index is 1020. The van der Waals surface area contributed by atoms with Crippen LogP contribution < -0.4 is 0 Å². The molecule has 1 unspecified atom stereocenters. The molecule has 0 bridgehead atoms. The molecule has 1 aliphatic carbocycles. The van der Waals surface area contributed by atoms with E-state index in [0.29, 0.717) is 29.9 Å². The van der Waals surface area contributed by atoms with Crippen LogP contribution in [0.5, 0.6) is 0 Å². The number of hydrogen-bond donors (Lipinski definition) is 1. The largest absolute Gasteiger partial charge is 0.387 e. The van der Waals surface area contributed by atoms with Crippen molar-refractivity contribution in [3.8, 4) is 0 Å². The molecule has 1 atom stereocenters. The molecule has 4 nitrogen and oxygen atoms in total. The van der Waals surface area contributed by atoms with Crippen LogP contribution in [0.3, 0.4) is 0 Å². The number of benzene rings is 2. The number of rotatable bonds is 5. The number of β-amino-alcohol motifs (C(OH)–C–C–N with tert-alkyl or cyclic N) is 1. The maximum atomic E-state index is 13.9. The normalized spacial score (nSPS) is 21.2. The smallest absolute Gasteiger partial charge is 0.123 e. The van der Waals surface area contributed by atoms with Crippen molar-refractivity contribution in [1.29, 1.82) is 0 Å². The van der Waals surface area contributed by atoms with Gasteiger partial charge in [-0.05, 0) is 56.2 Å². The minimum Gasteiger partial charge on any atom is -0.387 e. The predicted molar refractivity (Wildman–Crippen MR) is 118 cm³/mol. The highest BCUT2D eigenvalue weighted by Crippen LogP contribution is 2.35. The van der Waals surface area contributed by atoms with E-state index in [4.69, 9.17) is 0 Å². The highest BCUT2D eigenvalue weighted by Gasteiger charge is 2.34. The molecule has 1 aliphatic heterocycles. The summed E-state index contributed by atoms with van der Waals surface area (Å²) in [6, 6.07) is 9.80. The zero-order valence-electron chi connectivity index (χ0n) is 17.2. The number of fused-ring (bicyclic) bond motifs is 3. The van der Waals surface area contributed by atoms with Crippen molar-refractivity contribution in [3.63, 3.8) is 0 Å². The lowest BCUT2D eigenvalue weighted by molar-refractivity contribution is 0.0297. The predicted octanol–water partition coefficient (Wildman–Crippen LogP) is 4.95. The molecule has 1 saturated carbocycles. The van der Waals surface area contributed by atoms with E-state index in [1.54, 1.807) is 24.3 Å². The van der Waals surface area contributed by atoms with E-state index in [1.165, 1.54) is 49.9 Å². The molecule has 7 heteroatoms. The molecule has 160 valence electrons. The molecule has 1 N–H and O–H groups in total. The molecular formula is C23H27F2N3OS. The zero-order valence-corrected chi connectivity index (χ0v) is 18.0. The molecule has 0 radical (unpaired) electrons. The van der Waals surface area contributed by atoms with Gasteiger partial charge in [-0.25, -0.2) is 17.4 Å². The first-order chi connectivity index (χ1) is 14.4. The third-order valence-electron chi connectivity index (χ3n) is 6.33. The monoisotopic (exact) mass is 431 g/mol. The van der Waals surface area contributed by atoms with Crippen LogP contribution >= 0.6 is 12.1 Å². The Morgan fingerprint density at radius 2 is 1.57 bits per heavy atom. The first-order valence-electron chi connectivity index (χ1n) is 10.7. The minimum atomic E-state index is -0.986. The summed E-state index contributed by atoms with van der Waals surface area (Å²) < 4.78 is 34.5. The summed E-state index contributed by atoms with van der Waals surface area (Å²) in [5.74, 6) is -0.698. The third kappa shape index (κ3) is 3.84. The Morgan fingerprint density at radius 3 is 2.17 bits per heavy atom. The van der Waals surface area contributed by atoms with Crippen molar-refractivity contribution in [2.24, 2.45) is 0 Å². The molecule has 0 spiro atoms. The standard InChI is InChI=1S/C23H27F2N3OS/c1-23(29,14-26-10-11-28(30-26)18-4-2-3-5-18)15-27-21-8-6-16(24)12-19(21)20-13-17(25)7-9-22(20)27/h6-9,12-13,18,29H,2-5,10-11,14-15H2,1H3. The maximum absolute atomic E-state index is 13.9. The van der Waals surface area contributed by atoms with Crippen LogP contribution in [0.4, 0.5) is 8.78 Å². The van der Waals surface area contributed by atoms with Crippen molar-refractivity contribution in [3.05, 3.63) is 48.0 Å². The number of aliphatic hydroxyl groups is 1. The summed E-state index contributed by atoms with van der Waals surface area (Å²) in [6.45, 7) is 4.69. The summed E-state index contributed by atoms with van der Waals surface area (Å²) in [5.41, 5.74) is 0.623. The lowest BCUT2D eigenvalue weighted by Gasteiger charge is -2.30. The molecule has 2 fully saturated rings. The maximum Gasteiger partial charge on any atom is 0.123 e. The van der Waals surface area contributed by atoms with E-state index in [-0.39, 0.29) is 11.6 Å². The third-order valence-corrected chi connectivity index (χ3v) is 7.56. The molecule has 2 aromatic carbocycles. The van der Waals surface area contributed by atoms with E-state index in [9.17, 15) is 13.9 Å². The lowest BCUT2D eigenvalue weighted by Crippen LogP contribution is -2.40. The van der Waals surface area contributed by atoms with Gasteiger partial charge in [0.05, 0.1) is 12.1 Å². The van der Waals surface area contributed by atoms with Crippen LogP contribution in [0.25, 0.3) is 21.8 Å². The van der Waals surface area contributed by atoms with Gasteiger partial charge in [-0.3, -0.25) is 0 Å². The highest BCUT2D eigenvalue weighted by atomic mass is 32.2. The first kappa shape index (κ1) is 20.2. The molecule has 2 aliphatic rings. The topological polar surface area (TPSA) is 31.6 Å². The number of hydrogen-bond acceptors (Lipinski definition) is 4.